The Hall–Kier alpha value is -6.11. The first kappa shape index (κ1) is 44.7. The molecule has 3 aromatic carbocycles. The predicted molar refractivity (Wildman–Crippen MR) is 246 cm³/mol. The van der Waals surface area contributed by atoms with Crippen LogP contribution in [0.5, 0.6) is 0 Å². The van der Waals surface area contributed by atoms with E-state index in [-0.39, 0.29) is 43.1 Å². The van der Waals surface area contributed by atoms with E-state index in [1.807, 2.05) is 24.3 Å². The summed E-state index contributed by atoms with van der Waals surface area (Å²) in [6.45, 7) is 7.97. The van der Waals surface area contributed by atoms with Crippen molar-refractivity contribution in [2.75, 3.05) is 55.4 Å². The van der Waals surface area contributed by atoms with Crippen molar-refractivity contribution in [2.45, 2.75) is 75.5 Å². The molecule has 10 rings (SSSR count). The van der Waals surface area contributed by atoms with Gasteiger partial charge in [-0.2, -0.15) is 0 Å². The predicted octanol–water partition coefficient (Wildman–Crippen LogP) is 6.17. The van der Waals surface area contributed by atoms with E-state index in [0.717, 1.165) is 99.7 Å². The summed E-state index contributed by atoms with van der Waals surface area (Å²) in [7, 11) is -4.19. The summed E-state index contributed by atoms with van der Waals surface area (Å²) in [5.41, 5.74) is 4.14. The van der Waals surface area contributed by atoms with Crippen LogP contribution in [0, 0.1) is 17.6 Å². The second-order valence-corrected chi connectivity index (χ2v) is 20.5. The fraction of sp³-hybridized carbons (Fsp3) is 0.408. The smallest absolute Gasteiger partial charge is 0.255 e. The summed E-state index contributed by atoms with van der Waals surface area (Å²) in [5.74, 6) is -3.75. The van der Waals surface area contributed by atoms with Crippen molar-refractivity contribution in [3.63, 3.8) is 0 Å². The number of nitrogens with zero attached hydrogens (tertiary/aromatic N) is 5. The highest BCUT2D eigenvalue weighted by molar-refractivity contribution is 7.93. The highest BCUT2D eigenvalue weighted by atomic mass is 32.2. The third kappa shape index (κ3) is 9.05. The Morgan fingerprint density at radius 3 is 2.34 bits per heavy atom. The number of anilines is 2. The molecule has 0 spiro atoms. The fourth-order valence-corrected chi connectivity index (χ4v) is 12.0. The first-order valence-corrected chi connectivity index (χ1v) is 24.5. The summed E-state index contributed by atoms with van der Waals surface area (Å²) in [4.78, 5) is 67.4. The molecule has 0 radical (unpaired) electrons. The van der Waals surface area contributed by atoms with Crippen molar-refractivity contribution >= 4 is 55.9 Å². The number of hydrogen-bond donors (Lipinski definition) is 3. The van der Waals surface area contributed by atoms with Crippen LogP contribution in [0.25, 0.3) is 22.2 Å². The molecule has 67 heavy (non-hydrogen) atoms. The van der Waals surface area contributed by atoms with E-state index in [4.69, 9.17) is 0 Å². The molecule has 1 aliphatic carbocycles. The summed E-state index contributed by atoms with van der Waals surface area (Å²) in [6, 6.07) is 16.9. The molecule has 1 saturated carbocycles. The molecule has 14 nitrogen and oxygen atoms in total. The fourth-order valence-electron chi connectivity index (χ4n) is 10.4. The number of carbonyl (C=O) groups is 4. The van der Waals surface area contributed by atoms with Crippen LogP contribution < -0.4 is 14.9 Å². The van der Waals surface area contributed by atoms with Crippen LogP contribution >= 0.6 is 0 Å². The summed E-state index contributed by atoms with van der Waals surface area (Å²) in [6.07, 6.45) is 4.39. The van der Waals surface area contributed by atoms with Crippen molar-refractivity contribution in [3.8, 4) is 11.1 Å². The molecule has 18 heteroatoms. The Morgan fingerprint density at radius 1 is 0.851 bits per heavy atom. The number of benzene rings is 3. The Bertz CT molecular complexity index is 2880. The first-order chi connectivity index (χ1) is 32.3. The number of nitrogens with one attached hydrogen (secondary N) is 3. The SMILES string of the molecule is O=C1CCC(N2Cc3cc(N4CCC(CN5CCN(Cc6ccc(-c7cnc8[nH]cc(C(=O)c9c(F)ccc(NS(=O)(=O)C%10CC[C@@H](F)C%10)c9F)c8c7)cc6)CC5)CC4)ccc3C2=O)C(=O)N1. The van der Waals surface area contributed by atoms with Gasteiger partial charge in [0.1, 0.15) is 23.7 Å². The number of halogens is 3. The van der Waals surface area contributed by atoms with Crippen LogP contribution in [0.1, 0.15) is 82.4 Å². The minimum absolute atomic E-state index is 0.0307. The number of aromatic nitrogens is 2. The van der Waals surface area contributed by atoms with E-state index < -0.39 is 62.1 Å². The van der Waals surface area contributed by atoms with E-state index in [1.165, 1.54) is 6.20 Å². The molecule has 3 atom stereocenters. The Morgan fingerprint density at radius 2 is 1.61 bits per heavy atom. The topological polar surface area (TPSA) is 168 Å². The number of H-pyrrole nitrogens is 1. The molecule has 3 N–H and O–H groups in total. The molecule has 0 bridgehead atoms. The molecule has 3 saturated heterocycles. The highest BCUT2D eigenvalue weighted by Crippen LogP contribution is 2.35. The number of aromatic amines is 1. The summed E-state index contributed by atoms with van der Waals surface area (Å²) < 4.78 is 72.6. The molecule has 5 aromatic rings. The quantitative estimate of drug-likeness (QED) is 0.0973. The Labute approximate surface area is 385 Å². The van der Waals surface area contributed by atoms with Gasteiger partial charge < -0.3 is 19.7 Å². The van der Waals surface area contributed by atoms with Gasteiger partial charge in [-0.05, 0) is 97.5 Å². The van der Waals surface area contributed by atoms with Gasteiger partial charge in [-0.15, -0.1) is 0 Å². The van der Waals surface area contributed by atoms with Gasteiger partial charge in [-0.3, -0.25) is 34.1 Å². The molecular formula is C49H51F3N8O6S. The third-order valence-electron chi connectivity index (χ3n) is 14.3. The number of piperidine rings is 2. The van der Waals surface area contributed by atoms with E-state index in [0.29, 0.717) is 41.0 Å². The molecule has 6 heterocycles. The minimum Gasteiger partial charge on any atom is -0.372 e. The number of piperazine rings is 1. The van der Waals surface area contributed by atoms with Crippen molar-refractivity contribution < 1.29 is 40.8 Å². The lowest BCUT2D eigenvalue weighted by atomic mass is 9.95. The maximum atomic E-state index is 15.8. The van der Waals surface area contributed by atoms with Gasteiger partial charge in [0.05, 0.1) is 16.5 Å². The van der Waals surface area contributed by atoms with E-state index >= 15 is 8.78 Å². The number of amides is 3. The van der Waals surface area contributed by atoms with E-state index in [9.17, 15) is 32.0 Å². The number of carbonyl (C=O) groups excluding carboxylic acids is 4. The molecule has 4 aliphatic heterocycles. The minimum atomic E-state index is -4.19. The van der Waals surface area contributed by atoms with Crippen LogP contribution in [0.4, 0.5) is 24.5 Å². The molecular weight excluding hydrogens is 886 g/mol. The van der Waals surface area contributed by atoms with Gasteiger partial charge in [-0.1, -0.05) is 24.3 Å². The van der Waals surface area contributed by atoms with Gasteiger partial charge in [0.15, 0.2) is 5.82 Å². The number of sulfonamides is 1. The second-order valence-electron chi connectivity index (χ2n) is 18.6. The van der Waals surface area contributed by atoms with Crippen molar-refractivity contribution in [3.05, 3.63) is 113 Å². The Balaban J connectivity index is 0.710. The molecule has 5 aliphatic rings. The molecule has 350 valence electrons. The van der Waals surface area contributed by atoms with Gasteiger partial charge in [0.25, 0.3) is 5.91 Å². The zero-order chi connectivity index (χ0) is 46.6. The number of hydrogen-bond acceptors (Lipinski definition) is 10. The van der Waals surface area contributed by atoms with E-state index in [2.05, 4.69) is 52.9 Å². The van der Waals surface area contributed by atoms with Crippen molar-refractivity contribution in [1.29, 1.82) is 0 Å². The van der Waals surface area contributed by atoms with Crippen LogP contribution in [0.2, 0.25) is 0 Å². The number of ketones is 1. The number of imide groups is 1. The lowest BCUT2D eigenvalue weighted by molar-refractivity contribution is -0.136. The number of rotatable bonds is 12. The second kappa shape index (κ2) is 18.2. The first-order valence-electron chi connectivity index (χ1n) is 23.0. The number of pyridine rings is 1. The number of alkyl halides is 1. The van der Waals surface area contributed by atoms with Crippen LogP contribution in [-0.4, -0.2) is 120 Å². The van der Waals surface area contributed by atoms with Crippen molar-refractivity contribution in [1.82, 2.24) is 30.0 Å². The summed E-state index contributed by atoms with van der Waals surface area (Å²) >= 11 is 0. The van der Waals surface area contributed by atoms with Gasteiger partial charge in [0.2, 0.25) is 27.6 Å². The molecule has 2 aromatic heterocycles. The normalized spacial score (nSPS) is 22.1. The van der Waals surface area contributed by atoms with Gasteiger partial charge in [0, 0.05) is 105 Å². The van der Waals surface area contributed by atoms with Gasteiger partial charge in [-0.25, -0.2) is 26.6 Å². The monoisotopic (exact) mass is 936 g/mol. The largest absolute Gasteiger partial charge is 0.372 e. The molecule has 4 fully saturated rings. The third-order valence-corrected chi connectivity index (χ3v) is 16.1. The van der Waals surface area contributed by atoms with Crippen LogP contribution in [0.15, 0.2) is 73.1 Å². The average molecular weight is 937 g/mol. The van der Waals surface area contributed by atoms with Crippen LogP contribution in [-0.2, 0) is 32.7 Å². The van der Waals surface area contributed by atoms with E-state index in [1.54, 1.807) is 17.2 Å². The maximum absolute atomic E-state index is 15.8. The lowest BCUT2D eigenvalue weighted by Crippen LogP contribution is -2.52. The summed E-state index contributed by atoms with van der Waals surface area (Å²) in [5, 5.41) is 1.65. The number of fused-ring (bicyclic) bond motifs is 2. The maximum Gasteiger partial charge on any atom is 0.255 e. The standard InChI is InChI=1S/C49H51F3N8O6S/c50-34-5-7-36(23-34)67(65,66)56-41-10-9-40(51)44(45(41)52)46(62)39-25-54-47-38(39)22-32(24-53-47)31-3-1-29(2-4-31)26-57-17-19-58(20-18-57)27-30-13-15-59(16-14-30)35-6-8-37-33(21-35)28-60(49(37)64)42-11-12-43(61)55-48(42)63/h1-4,6,8-10,21-22,24-25,30,34,36,42,56H,5,7,11-20,23,26-28H2,(H,53,54)(H,55,61,63)/t34-,36?,42?/m1/s1. The lowest BCUT2D eigenvalue weighted by Gasteiger charge is -2.39. The molecule has 3 amide bonds. The highest BCUT2D eigenvalue weighted by Gasteiger charge is 2.40. The Kier molecular flexibility index (Phi) is 12.1. The molecule has 2 unspecified atom stereocenters. The zero-order valence-electron chi connectivity index (χ0n) is 36.8. The van der Waals surface area contributed by atoms with Crippen molar-refractivity contribution in [2.24, 2.45) is 5.92 Å². The average Bonchev–Trinajstić information content (AvgIpc) is 4.05. The zero-order valence-corrected chi connectivity index (χ0v) is 37.6. The van der Waals surface area contributed by atoms with Crippen LogP contribution in [0.3, 0.4) is 0 Å². The van der Waals surface area contributed by atoms with Gasteiger partial charge >= 0.3 is 0 Å².